The molecule has 19 rings (SSSR count). The summed E-state index contributed by atoms with van der Waals surface area (Å²) in [7, 11) is -14.9. The van der Waals surface area contributed by atoms with Gasteiger partial charge in [-0.25, -0.2) is 62.8 Å². The Morgan fingerprint density at radius 3 is 1.54 bits per heavy atom. The average molecular weight is 2080 g/mol. The molecule has 5 amide bonds. The molecule has 11 heterocycles. The van der Waals surface area contributed by atoms with E-state index < -0.39 is 46.1 Å². The summed E-state index contributed by atoms with van der Waals surface area (Å²) in [4.78, 5) is 86.7. The van der Waals surface area contributed by atoms with E-state index in [0.29, 0.717) is 126 Å². The topological polar surface area (TPSA) is 381 Å². The number of aromatic nitrogens is 8. The molecule has 0 spiro atoms. The summed E-state index contributed by atoms with van der Waals surface area (Å²) in [6, 6.07) is 56.2. The van der Waals surface area contributed by atoms with Gasteiger partial charge in [0, 0.05) is 222 Å². The van der Waals surface area contributed by atoms with Crippen molar-refractivity contribution in [1.29, 1.82) is 0 Å². The molecule has 4 atom stereocenters. The Morgan fingerprint density at radius 1 is 0.486 bits per heavy atom. The van der Waals surface area contributed by atoms with Crippen molar-refractivity contribution in [2.75, 3.05) is 153 Å². The van der Waals surface area contributed by atoms with Crippen LogP contribution in [0.1, 0.15) is 55.0 Å². The highest BCUT2D eigenvalue weighted by Crippen LogP contribution is 2.35. The van der Waals surface area contributed by atoms with E-state index in [0.717, 1.165) is 83.3 Å². The minimum Gasteiger partial charge on any atom is -0.369 e. The lowest BCUT2D eigenvalue weighted by Crippen LogP contribution is -2.55. The molecule has 734 valence electrons. The van der Waals surface area contributed by atoms with Crippen LogP contribution in [0, 0.1) is 12.7 Å². The Balaban J connectivity index is 0.000000212. The zero-order chi connectivity index (χ0) is 97.2. The number of amides is 5. The summed E-state index contributed by atoms with van der Waals surface area (Å²) < 4.78 is 128. The van der Waals surface area contributed by atoms with Crippen LogP contribution in [-0.4, -0.2) is 233 Å². The van der Waals surface area contributed by atoms with Gasteiger partial charge in [0.2, 0.25) is 22.9 Å². The lowest BCUT2D eigenvalue weighted by atomic mass is 10.1. The van der Waals surface area contributed by atoms with Gasteiger partial charge in [0.25, 0.3) is 40.1 Å². The number of benzene rings is 8. The predicted octanol–water partition coefficient (Wildman–Crippen LogP) is 17.0. The standard InChI is InChI=1S/C26H29N5O3S2.C23H23Cl2N5O3S2.C23H23FN6O3S2.C21H21ClN6O3S.7H2/c1-18-16-21-6-4-5-7-24(21)31(18)20(3)25(32)30-14-13-29(17-19(30)2)22-8-10-23(11-9-22)36(33,34)28-26-27-12-15-35-26;24-16-13-17(25)15-19(14-16)28-8-10-29(11-9-28)21-5-7-30(22(21)31)18-1-3-20(4-2-18)35(32,33)27-23-26-6-12-34-23;1-16(30-10-9-19-20(24)3-2-4-21(19)30)22(31)29-13-11-28(12-14-29)17-5-7-18(8-6-17)35(32,33)27-23-26-25-15-34-23;22-16-1-3-17(4-2-16)25-21(29)28-13-11-27(12-14-28)18-5-7-19(8-6-18)32(30,31)26-20-9-10-23-15-24-20;;;;;;;/h4-12,15-16,19-20H,13-14,17H2,1-3H3,(H,27,28);1-4,6,12-15,21H,5,7-11H2,(H,26,27);2-10,15-16H,11-14H2,1H3,(H,26,27);1-10,15H,11-14H2,(H,25,29)(H,23,24,26);7*1H/t;21-;16-;;;;;;;;/m.00......../s1. The first-order chi connectivity index (χ1) is 66.3. The second-order valence-corrected chi connectivity index (χ2v) is 43.5. The maximum atomic E-state index is 14.0. The first kappa shape index (κ1) is 98.4. The van der Waals surface area contributed by atoms with E-state index in [-0.39, 0.29) is 88.2 Å². The van der Waals surface area contributed by atoms with Gasteiger partial charge < -0.3 is 53.7 Å². The summed E-state index contributed by atoms with van der Waals surface area (Å²) in [6.07, 6.45) is 8.31. The van der Waals surface area contributed by atoms with E-state index in [4.69, 9.17) is 34.8 Å². The molecule has 0 radical (unpaired) electrons. The van der Waals surface area contributed by atoms with Crippen LogP contribution in [-0.2, 0) is 54.5 Å². The van der Waals surface area contributed by atoms with Crippen LogP contribution < -0.4 is 48.7 Å². The van der Waals surface area contributed by atoms with Crippen molar-refractivity contribution < 1.29 is 67.2 Å². The molecule has 5 aliphatic heterocycles. The number of hydrogen-bond donors (Lipinski definition) is 5. The Hall–Kier alpha value is -12.6. The molecular weight excluding hydrogens is 1970 g/mol. The number of nitrogens with zero attached hydrogens (tertiary/aromatic N) is 17. The van der Waals surface area contributed by atoms with Crippen LogP contribution in [0.5, 0.6) is 0 Å². The lowest BCUT2D eigenvalue weighted by Gasteiger charge is -2.42. The Kier molecular flexibility index (Phi) is 30.8. The van der Waals surface area contributed by atoms with Crippen molar-refractivity contribution in [3.63, 3.8) is 0 Å². The van der Waals surface area contributed by atoms with E-state index in [1.54, 1.807) is 148 Å². The third-order valence-corrected chi connectivity index (χ3v) is 32.7. The molecule has 5 aliphatic rings. The Bertz CT molecular complexity index is 7120. The fourth-order valence-corrected chi connectivity index (χ4v) is 24.0. The second kappa shape index (κ2) is 43.2. The number of nitrogens with one attached hydrogen (secondary N) is 5. The van der Waals surface area contributed by atoms with Crippen LogP contribution in [0.2, 0.25) is 15.1 Å². The summed E-state index contributed by atoms with van der Waals surface area (Å²) in [5.41, 5.74) is 9.36. The number of halogens is 4. The number of fused-ring (bicyclic) bond motifs is 2. The third kappa shape index (κ3) is 23.5. The molecule has 8 aromatic carbocycles. The number of aryl methyl sites for hydroxylation is 1. The first-order valence-corrected chi connectivity index (χ1v) is 53.6. The Labute approximate surface area is 835 Å². The van der Waals surface area contributed by atoms with Crippen LogP contribution in [0.4, 0.5) is 64.5 Å². The van der Waals surface area contributed by atoms with Crippen molar-refractivity contribution in [1.82, 2.24) is 58.9 Å². The number of hydrogen-bond acceptors (Lipinski definition) is 26. The molecule has 0 aliphatic carbocycles. The van der Waals surface area contributed by atoms with E-state index in [9.17, 15) is 57.2 Å². The number of anilines is 10. The molecule has 45 heteroatoms. The summed E-state index contributed by atoms with van der Waals surface area (Å²) in [5.74, 6) is 0.0408. The molecule has 2 unspecified atom stereocenters. The van der Waals surface area contributed by atoms with E-state index in [2.05, 4.69) is 109 Å². The smallest absolute Gasteiger partial charge is 0.321 e. The number of para-hydroxylation sites is 1. The predicted molar refractivity (Wildman–Crippen MR) is 555 cm³/mol. The average Bonchev–Trinajstić information content (AvgIpc) is 1.56. The fourth-order valence-electron chi connectivity index (χ4n) is 17.1. The first-order valence-electron chi connectivity index (χ1n) is 43.8. The zero-order valence-corrected chi connectivity index (χ0v) is 82.9. The molecule has 0 saturated carbocycles. The third-order valence-electron chi connectivity index (χ3n) is 24.2. The normalized spacial score (nSPS) is 16.6. The van der Waals surface area contributed by atoms with Crippen LogP contribution in [0.25, 0.3) is 21.8 Å². The molecule has 5 saturated heterocycles. The molecule has 0 bridgehead atoms. The van der Waals surface area contributed by atoms with Gasteiger partial charge in [-0.2, -0.15) is 0 Å². The van der Waals surface area contributed by atoms with Gasteiger partial charge in [-0.3, -0.25) is 38.2 Å². The lowest BCUT2D eigenvalue weighted by molar-refractivity contribution is -0.136. The minimum absolute atomic E-state index is 0. The van der Waals surface area contributed by atoms with Crippen molar-refractivity contribution in [2.45, 2.75) is 77.9 Å². The van der Waals surface area contributed by atoms with Crippen molar-refractivity contribution in [3.8, 4) is 0 Å². The maximum Gasteiger partial charge on any atom is 0.321 e. The van der Waals surface area contributed by atoms with E-state index in [1.165, 1.54) is 71.2 Å². The highest BCUT2D eigenvalue weighted by atomic mass is 35.5. The quantitative estimate of drug-likeness (QED) is 0.0397. The largest absolute Gasteiger partial charge is 0.369 e. The monoisotopic (exact) mass is 2070 g/mol. The summed E-state index contributed by atoms with van der Waals surface area (Å²) in [5, 5.41) is 17.9. The highest BCUT2D eigenvalue weighted by Gasteiger charge is 2.39. The van der Waals surface area contributed by atoms with Crippen LogP contribution >= 0.6 is 68.8 Å². The van der Waals surface area contributed by atoms with Gasteiger partial charge in [0.05, 0.1) is 31.1 Å². The number of sulfonamides is 4. The summed E-state index contributed by atoms with van der Waals surface area (Å²) in [6.45, 7) is 18.2. The van der Waals surface area contributed by atoms with E-state index in [1.807, 2.05) is 77.6 Å². The number of thiazole rings is 2. The van der Waals surface area contributed by atoms with Gasteiger partial charge in [-0.15, -0.1) is 32.9 Å². The highest BCUT2D eigenvalue weighted by molar-refractivity contribution is 7.93. The SMILES string of the molecule is C[C@@H](C(=O)N1CCN(c2ccc(S(=O)(=O)Nc3nncs3)cc2)CC1)n1ccc2c(F)cccc21.Cc1cc2ccccc2n1C(C)C(=O)N1CCN(c2ccc(S(=O)(=O)Nc3nccs3)cc2)CC1C.O=C(Nc1ccc(Cl)cc1)N1CCN(c2ccc(S(=O)(=O)Nc3ccncn3)cc2)CC1.O=C1[C@@H](N2CCN(c3cc(Cl)cc(Cl)c3)CC2)CCN1c1ccc(S(=O)(=O)Nc2nccs2)cc1.[HH].[HH].[HH].[HH].[HH].[HH].[HH]. The number of carbonyl (C=O) groups is 4. The summed E-state index contributed by atoms with van der Waals surface area (Å²) >= 11 is 21.7. The van der Waals surface area contributed by atoms with Crippen LogP contribution in [0.15, 0.2) is 267 Å². The maximum absolute atomic E-state index is 14.0. The van der Waals surface area contributed by atoms with Gasteiger partial charge in [0.1, 0.15) is 35.6 Å². The molecule has 5 N–H and O–H groups in total. The van der Waals surface area contributed by atoms with Crippen molar-refractivity contribution >= 4 is 210 Å². The number of urea groups is 1. The fraction of sp³-hybridized carbons (Fsp3) is 0.269. The Morgan fingerprint density at radius 2 is 1.00 bits per heavy atom. The molecule has 14 aromatic rings. The van der Waals surface area contributed by atoms with Gasteiger partial charge in [-0.1, -0.05) is 70.4 Å². The van der Waals surface area contributed by atoms with Gasteiger partial charge in [-0.05, 0) is 215 Å². The number of piperazine rings is 4. The van der Waals surface area contributed by atoms with E-state index >= 15 is 0 Å². The van der Waals surface area contributed by atoms with Crippen LogP contribution in [0.3, 0.4) is 0 Å². The molecule has 34 nitrogen and oxygen atoms in total. The van der Waals surface area contributed by atoms with Gasteiger partial charge in [0.15, 0.2) is 10.3 Å². The molecular formula is C93H110Cl3FN22O12S7. The molecule has 5 fully saturated rings. The molecule has 6 aromatic heterocycles. The van der Waals surface area contributed by atoms with Crippen molar-refractivity contribution in [2.24, 2.45) is 0 Å². The molecule has 138 heavy (non-hydrogen) atoms. The minimum atomic E-state index is -3.74. The van der Waals surface area contributed by atoms with Gasteiger partial charge >= 0.3 is 6.03 Å². The number of carbonyl (C=O) groups excluding carboxylic acids is 4. The second-order valence-electron chi connectivity index (χ2n) is 32.9. The van der Waals surface area contributed by atoms with Crippen molar-refractivity contribution in [3.05, 3.63) is 274 Å². The number of rotatable bonds is 23. The zero-order valence-electron chi connectivity index (χ0n) is 74.9.